The van der Waals surface area contributed by atoms with Crippen LogP contribution in [0.15, 0.2) is 48.8 Å². The molecule has 0 bridgehead atoms. The van der Waals surface area contributed by atoms with Crippen molar-refractivity contribution in [3.8, 4) is 0 Å². The van der Waals surface area contributed by atoms with Crippen molar-refractivity contribution in [3.63, 3.8) is 0 Å². The van der Waals surface area contributed by atoms with E-state index in [1.165, 1.54) is 12.1 Å². The Labute approximate surface area is 114 Å². The fourth-order valence-corrected chi connectivity index (χ4v) is 2.08. The number of benzene rings is 1. The molecule has 1 aromatic carbocycles. The number of halogens is 1. The monoisotopic (exact) mass is 269 g/mol. The minimum absolute atomic E-state index is 0.313. The Morgan fingerprint density at radius 3 is 2.95 bits per heavy atom. The summed E-state index contributed by atoms with van der Waals surface area (Å²) >= 11 is 0. The molecule has 2 aromatic heterocycles. The van der Waals surface area contributed by atoms with Crippen LogP contribution in [0.2, 0.25) is 0 Å². The molecule has 100 valence electrons. The van der Waals surface area contributed by atoms with Crippen LogP contribution in [-0.4, -0.2) is 15.3 Å². The number of aryl methyl sites for hydroxylation is 1. The van der Waals surface area contributed by atoms with Gasteiger partial charge in [-0.15, -0.1) is 0 Å². The van der Waals surface area contributed by atoms with Crippen LogP contribution < -0.4 is 5.32 Å². The second kappa shape index (κ2) is 4.77. The average Bonchev–Trinajstić information content (AvgIpc) is 2.78. The van der Waals surface area contributed by atoms with Gasteiger partial charge < -0.3 is 9.72 Å². The van der Waals surface area contributed by atoms with Gasteiger partial charge in [-0.05, 0) is 37.3 Å². The molecular formula is C15H12FN3O. The summed E-state index contributed by atoms with van der Waals surface area (Å²) in [7, 11) is 0. The molecule has 0 aliphatic heterocycles. The molecule has 0 aliphatic carbocycles. The van der Waals surface area contributed by atoms with E-state index in [-0.39, 0.29) is 5.91 Å². The Bertz CT molecular complexity index is 795. The van der Waals surface area contributed by atoms with E-state index in [4.69, 9.17) is 0 Å². The third kappa shape index (κ3) is 2.25. The van der Waals surface area contributed by atoms with Crippen molar-refractivity contribution < 1.29 is 9.18 Å². The van der Waals surface area contributed by atoms with Crippen molar-refractivity contribution in [3.05, 3.63) is 65.9 Å². The van der Waals surface area contributed by atoms with Gasteiger partial charge in [-0.25, -0.2) is 9.37 Å². The zero-order valence-electron chi connectivity index (χ0n) is 10.8. The van der Waals surface area contributed by atoms with Gasteiger partial charge >= 0.3 is 0 Å². The summed E-state index contributed by atoms with van der Waals surface area (Å²) in [6, 6.07) is 9.25. The SMILES string of the molecule is Cc1cn2cccc(C(=O)Nc3cccc(F)c3)c2n1. The summed E-state index contributed by atoms with van der Waals surface area (Å²) in [5.41, 5.74) is 2.28. The number of hydrogen-bond donors (Lipinski definition) is 1. The van der Waals surface area contributed by atoms with Crippen LogP contribution in [0.1, 0.15) is 16.1 Å². The molecule has 4 nitrogen and oxygen atoms in total. The van der Waals surface area contributed by atoms with E-state index in [0.717, 1.165) is 5.69 Å². The maximum absolute atomic E-state index is 13.1. The number of rotatable bonds is 2. The first kappa shape index (κ1) is 12.3. The second-order valence-electron chi connectivity index (χ2n) is 4.50. The molecule has 5 heteroatoms. The number of aromatic nitrogens is 2. The molecule has 0 saturated carbocycles. The molecule has 0 saturated heterocycles. The highest BCUT2D eigenvalue weighted by Crippen LogP contribution is 2.15. The summed E-state index contributed by atoms with van der Waals surface area (Å²) in [6.07, 6.45) is 3.67. The maximum atomic E-state index is 13.1. The van der Waals surface area contributed by atoms with E-state index in [9.17, 15) is 9.18 Å². The number of nitrogens with zero attached hydrogens (tertiary/aromatic N) is 2. The van der Waals surface area contributed by atoms with E-state index in [0.29, 0.717) is 16.9 Å². The standard InChI is InChI=1S/C15H12FN3O/c1-10-9-19-7-3-6-13(14(19)17-10)15(20)18-12-5-2-4-11(16)8-12/h2-9H,1H3,(H,18,20). The van der Waals surface area contributed by atoms with Gasteiger partial charge in [0.2, 0.25) is 0 Å². The normalized spacial score (nSPS) is 10.7. The quantitative estimate of drug-likeness (QED) is 0.777. The summed E-state index contributed by atoms with van der Waals surface area (Å²) in [5, 5.41) is 2.67. The van der Waals surface area contributed by atoms with Gasteiger partial charge in [0.25, 0.3) is 5.91 Å². The van der Waals surface area contributed by atoms with Crippen LogP contribution in [-0.2, 0) is 0 Å². The highest BCUT2D eigenvalue weighted by Gasteiger charge is 2.12. The van der Waals surface area contributed by atoms with Crippen LogP contribution in [0.4, 0.5) is 10.1 Å². The van der Waals surface area contributed by atoms with Crippen molar-refractivity contribution in [1.82, 2.24) is 9.38 Å². The van der Waals surface area contributed by atoms with Crippen LogP contribution in [0.3, 0.4) is 0 Å². The van der Waals surface area contributed by atoms with E-state index < -0.39 is 5.82 Å². The third-order valence-corrected chi connectivity index (χ3v) is 2.93. The lowest BCUT2D eigenvalue weighted by molar-refractivity contribution is 0.102. The van der Waals surface area contributed by atoms with E-state index in [2.05, 4.69) is 10.3 Å². The van der Waals surface area contributed by atoms with Gasteiger partial charge in [0.15, 0.2) is 0 Å². The van der Waals surface area contributed by atoms with Gasteiger partial charge in [-0.1, -0.05) is 6.07 Å². The van der Waals surface area contributed by atoms with Crippen molar-refractivity contribution in [2.75, 3.05) is 5.32 Å². The molecule has 3 aromatic rings. The van der Waals surface area contributed by atoms with Crippen LogP contribution in [0.5, 0.6) is 0 Å². The lowest BCUT2D eigenvalue weighted by atomic mass is 10.2. The van der Waals surface area contributed by atoms with Crippen molar-refractivity contribution in [1.29, 1.82) is 0 Å². The number of carbonyl (C=O) groups is 1. The number of fused-ring (bicyclic) bond motifs is 1. The van der Waals surface area contributed by atoms with Crippen molar-refractivity contribution >= 4 is 17.2 Å². The Morgan fingerprint density at radius 1 is 1.30 bits per heavy atom. The number of pyridine rings is 1. The smallest absolute Gasteiger partial charge is 0.259 e. The number of imidazole rings is 1. The number of carbonyl (C=O) groups excluding carboxylic acids is 1. The molecule has 0 radical (unpaired) electrons. The molecule has 2 heterocycles. The third-order valence-electron chi connectivity index (χ3n) is 2.93. The zero-order chi connectivity index (χ0) is 14.1. The number of hydrogen-bond acceptors (Lipinski definition) is 2. The van der Waals surface area contributed by atoms with E-state index >= 15 is 0 Å². The lowest BCUT2D eigenvalue weighted by Gasteiger charge is -2.06. The fraction of sp³-hybridized carbons (Fsp3) is 0.0667. The van der Waals surface area contributed by atoms with E-state index in [1.807, 2.05) is 19.3 Å². The number of nitrogens with one attached hydrogen (secondary N) is 1. The first-order valence-corrected chi connectivity index (χ1v) is 6.15. The average molecular weight is 269 g/mol. The molecular weight excluding hydrogens is 257 g/mol. The first-order valence-electron chi connectivity index (χ1n) is 6.15. The predicted octanol–water partition coefficient (Wildman–Crippen LogP) is 3.03. The highest BCUT2D eigenvalue weighted by molar-refractivity contribution is 6.08. The first-order chi connectivity index (χ1) is 9.63. The van der Waals surface area contributed by atoms with Gasteiger partial charge in [0.1, 0.15) is 11.5 Å². The van der Waals surface area contributed by atoms with E-state index in [1.54, 1.807) is 28.7 Å². The number of anilines is 1. The molecule has 0 fully saturated rings. The Morgan fingerprint density at radius 2 is 2.15 bits per heavy atom. The minimum atomic E-state index is -0.391. The minimum Gasteiger partial charge on any atom is -0.322 e. The molecule has 0 aliphatic rings. The second-order valence-corrected chi connectivity index (χ2v) is 4.50. The topological polar surface area (TPSA) is 46.4 Å². The van der Waals surface area contributed by atoms with Gasteiger partial charge in [0.05, 0.1) is 11.3 Å². The lowest BCUT2D eigenvalue weighted by Crippen LogP contribution is -2.13. The fourth-order valence-electron chi connectivity index (χ4n) is 2.08. The molecule has 0 atom stereocenters. The molecule has 1 amide bonds. The molecule has 0 spiro atoms. The van der Waals surface area contributed by atoms with Crippen molar-refractivity contribution in [2.45, 2.75) is 6.92 Å². The van der Waals surface area contributed by atoms with Gasteiger partial charge in [-0.3, -0.25) is 4.79 Å². The van der Waals surface area contributed by atoms with Gasteiger partial charge in [0, 0.05) is 18.1 Å². The molecule has 20 heavy (non-hydrogen) atoms. The zero-order valence-corrected chi connectivity index (χ0v) is 10.8. The van der Waals surface area contributed by atoms with Crippen LogP contribution in [0, 0.1) is 12.7 Å². The Hall–Kier alpha value is -2.69. The Balaban J connectivity index is 1.96. The summed E-state index contributed by atoms with van der Waals surface area (Å²) in [6.45, 7) is 1.86. The summed E-state index contributed by atoms with van der Waals surface area (Å²) < 4.78 is 14.9. The molecule has 3 rings (SSSR count). The van der Waals surface area contributed by atoms with Crippen LogP contribution >= 0.6 is 0 Å². The van der Waals surface area contributed by atoms with Crippen LogP contribution in [0.25, 0.3) is 5.65 Å². The Kier molecular flexibility index (Phi) is 2.95. The number of amides is 1. The summed E-state index contributed by atoms with van der Waals surface area (Å²) in [5.74, 6) is -0.704. The highest BCUT2D eigenvalue weighted by atomic mass is 19.1. The molecule has 1 N–H and O–H groups in total. The van der Waals surface area contributed by atoms with Gasteiger partial charge in [-0.2, -0.15) is 0 Å². The maximum Gasteiger partial charge on any atom is 0.259 e. The molecule has 0 unspecified atom stereocenters. The largest absolute Gasteiger partial charge is 0.322 e. The van der Waals surface area contributed by atoms with Crippen molar-refractivity contribution in [2.24, 2.45) is 0 Å². The summed E-state index contributed by atoms with van der Waals surface area (Å²) in [4.78, 5) is 16.6. The predicted molar refractivity (Wildman–Crippen MR) is 74.3 cm³/mol.